The normalized spacial score (nSPS) is 13.1. The van der Waals surface area contributed by atoms with Gasteiger partial charge in [0.15, 0.2) is 0 Å². The number of nitrogens with one attached hydrogen (secondary N) is 1. The Morgan fingerprint density at radius 2 is 1.71 bits per heavy atom. The third kappa shape index (κ3) is 3.69. The molecule has 0 aliphatic carbocycles. The first-order valence-corrected chi connectivity index (χ1v) is 11.4. The summed E-state index contributed by atoms with van der Waals surface area (Å²) < 4.78 is 3.31. The van der Waals surface area contributed by atoms with E-state index in [1.165, 1.54) is 0 Å². The van der Waals surface area contributed by atoms with Gasteiger partial charge in [-0.05, 0) is 55.3 Å². The summed E-state index contributed by atoms with van der Waals surface area (Å²) in [6.07, 6.45) is 1.68. The summed E-state index contributed by atoms with van der Waals surface area (Å²) in [6, 6.07) is 21.3. The molecular weight excluding hydrogens is 440 g/mol. The van der Waals surface area contributed by atoms with Gasteiger partial charge in [0.1, 0.15) is 0 Å². The van der Waals surface area contributed by atoms with Crippen LogP contribution in [0.15, 0.2) is 77.7 Å². The Hall–Kier alpha value is -4.57. The van der Waals surface area contributed by atoms with Crippen LogP contribution in [0, 0.1) is 18.3 Å². The maximum absolute atomic E-state index is 14.0. The van der Waals surface area contributed by atoms with Crippen LogP contribution in [-0.4, -0.2) is 25.2 Å². The maximum Gasteiger partial charge on any atom is 0.330 e. The Balaban J connectivity index is 1.74. The second-order valence-corrected chi connectivity index (χ2v) is 8.78. The van der Waals surface area contributed by atoms with Crippen LogP contribution >= 0.6 is 0 Å². The molecule has 0 radical (unpaired) electrons. The van der Waals surface area contributed by atoms with Crippen molar-refractivity contribution < 1.29 is 9.90 Å². The summed E-state index contributed by atoms with van der Waals surface area (Å²) in [5, 5.41) is 19.9. The van der Waals surface area contributed by atoms with Gasteiger partial charge in [0, 0.05) is 22.7 Å². The molecule has 7 heteroatoms. The number of nitrogens with zero attached hydrogens (tertiary/aromatic N) is 3. The number of rotatable bonds is 6. The van der Waals surface area contributed by atoms with Crippen molar-refractivity contribution in [2.75, 3.05) is 0 Å². The van der Waals surface area contributed by atoms with Gasteiger partial charge in [-0.15, -0.1) is 0 Å². The largest absolute Gasteiger partial charge is 0.481 e. The molecule has 0 fully saturated rings. The fraction of sp³-hybridized carbons (Fsp3) is 0.179. The highest BCUT2D eigenvalue weighted by atomic mass is 16.4. The molecule has 0 spiro atoms. The molecule has 0 saturated carbocycles. The second kappa shape index (κ2) is 8.65. The molecule has 2 heterocycles. The number of fused-ring (bicyclic) bond motifs is 2. The van der Waals surface area contributed by atoms with Crippen molar-refractivity contribution in [1.29, 1.82) is 5.26 Å². The van der Waals surface area contributed by atoms with Gasteiger partial charge < -0.3 is 10.1 Å². The topological polar surface area (TPSA) is 104 Å². The number of nitriles is 1. The van der Waals surface area contributed by atoms with Crippen molar-refractivity contribution in [3.63, 3.8) is 0 Å². The summed E-state index contributed by atoms with van der Waals surface area (Å²) in [7, 11) is 0. The molecule has 5 aromatic rings. The van der Waals surface area contributed by atoms with Crippen molar-refractivity contribution in [3.05, 3.63) is 106 Å². The van der Waals surface area contributed by atoms with Crippen molar-refractivity contribution in [1.82, 2.24) is 14.1 Å². The lowest BCUT2D eigenvalue weighted by atomic mass is 10.0. The highest BCUT2D eigenvalue weighted by molar-refractivity contribution is 5.87. The second-order valence-electron chi connectivity index (χ2n) is 8.78. The molecule has 7 nitrogen and oxygen atoms in total. The number of carboxylic acids is 1. The summed E-state index contributed by atoms with van der Waals surface area (Å²) in [5.74, 6) is -1.01. The minimum atomic E-state index is -1.01. The van der Waals surface area contributed by atoms with Crippen LogP contribution < -0.4 is 5.69 Å². The molecule has 2 aromatic heterocycles. The predicted molar refractivity (Wildman–Crippen MR) is 135 cm³/mol. The van der Waals surface area contributed by atoms with Crippen molar-refractivity contribution in [2.24, 2.45) is 0 Å². The molecule has 1 unspecified atom stereocenters. The first-order valence-electron chi connectivity index (χ1n) is 11.4. The molecule has 2 atom stereocenters. The van der Waals surface area contributed by atoms with Crippen LogP contribution in [0.1, 0.15) is 47.7 Å². The van der Waals surface area contributed by atoms with Crippen molar-refractivity contribution in [2.45, 2.75) is 32.4 Å². The van der Waals surface area contributed by atoms with E-state index in [-0.39, 0.29) is 18.2 Å². The van der Waals surface area contributed by atoms with Crippen LogP contribution in [0.3, 0.4) is 0 Å². The number of hydrogen-bond donors (Lipinski definition) is 2. The third-order valence-corrected chi connectivity index (χ3v) is 6.70. The maximum atomic E-state index is 14.0. The van der Waals surface area contributed by atoms with E-state index in [4.69, 9.17) is 5.26 Å². The van der Waals surface area contributed by atoms with Gasteiger partial charge in [-0.25, -0.2) is 4.79 Å². The van der Waals surface area contributed by atoms with E-state index in [0.29, 0.717) is 16.6 Å². The number of hydrogen-bond acceptors (Lipinski definition) is 3. The van der Waals surface area contributed by atoms with Crippen LogP contribution in [-0.2, 0) is 4.79 Å². The average Bonchev–Trinajstić information content (AvgIpc) is 3.42. The van der Waals surface area contributed by atoms with Gasteiger partial charge in [0.2, 0.25) is 0 Å². The molecule has 174 valence electrons. The first kappa shape index (κ1) is 22.2. The minimum absolute atomic E-state index is 0.264. The van der Waals surface area contributed by atoms with Gasteiger partial charge in [-0.1, -0.05) is 36.4 Å². The number of aromatic nitrogens is 3. The molecule has 2 N–H and O–H groups in total. The van der Waals surface area contributed by atoms with Crippen LogP contribution in [0.2, 0.25) is 0 Å². The van der Waals surface area contributed by atoms with E-state index in [0.717, 1.165) is 27.5 Å². The van der Waals surface area contributed by atoms with Crippen LogP contribution in [0.4, 0.5) is 0 Å². The number of benzene rings is 3. The number of carboxylic acid groups (broad SMARTS) is 1. The van der Waals surface area contributed by atoms with Gasteiger partial charge >= 0.3 is 11.7 Å². The van der Waals surface area contributed by atoms with Gasteiger partial charge in [0.05, 0.1) is 41.2 Å². The van der Waals surface area contributed by atoms with Gasteiger partial charge in [-0.3, -0.25) is 13.9 Å². The fourth-order valence-corrected chi connectivity index (χ4v) is 5.04. The highest BCUT2D eigenvalue weighted by Gasteiger charge is 2.27. The molecule has 0 amide bonds. The summed E-state index contributed by atoms with van der Waals surface area (Å²) >= 11 is 0. The first-order chi connectivity index (χ1) is 16.9. The Bertz CT molecular complexity index is 1660. The number of H-pyrrole nitrogens is 1. The zero-order valence-electron chi connectivity index (χ0n) is 19.4. The standard InChI is InChI=1S/C28H24N4O3/c1-17-6-5-7-22-27(17)21(16-30-22)18(2)31-23-8-3-4-9-24(23)32(28(31)35)25(14-26(33)34)20-12-10-19(15-29)11-13-20/h3-13,16,18,25,30H,14H2,1-2H3,(H,33,34)/t18?,25-/m1/s1. The fourth-order valence-electron chi connectivity index (χ4n) is 5.04. The molecule has 0 aliphatic rings. The number of aliphatic carboxylic acids is 1. The molecule has 5 rings (SSSR count). The minimum Gasteiger partial charge on any atom is -0.481 e. The summed E-state index contributed by atoms with van der Waals surface area (Å²) in [6.45, 7) is 4.04. The smallest absolute Gasteiger partial charge is 0.330 e. The number of aromatic amines is 1. The van der Waals surface area contributed by atoms with E-state index in [1.54, 1.807) is 33.4 Å². The Kier molecular flexibility index (Phi) is 5.50. The molecule has 0 saturated heterocycles. The van der Waals surface area contributed by atoms with E-state index in [9.17, 15) is 14.7 Å². The highest BCUT2D eigenvalue weighted by Crippen LogP contribution is 2.32. The quantitative estimate of drug-likeness (QED) is 0.363. The molecule has 3 aromatic carbocycles. The Labute approximate surface area is 201 Å². The molecular formula is C28H24N4O3. The monoisotopic (exact) mass is 464 g/mol. The van der Waals surface area contributed by atoms with Crippen LogP contribution in [0.25, 0.3) is 21.9 Å². The zero-order valence-corrected chi connectivity index (χ0v) is 19.4. The van der Waals surface area contributed by atoms with E-state index in [1.807, 2.05) is 62.5 Å². The predicted octanol–water partition coefficient (Wildman–Crippen LogP) is 5.14. The van der Waals surface area contributed by atoms with E-state index < -0.39 is 12.0 Å². The van der Waals surface area contributed by atoms with E-state index >= 15 is 0 Å². The molecule has 35 heavy (non-hydrogen) atoms. The lowest BCUT2D eigenvalue weighted by Gasteiger charge is -2.18. The van der Waals surface area contributed by atoms with Crippen molar-refractivity contribution >= 4 is 27.9 Å². The van der Waals surface area contributed by atoms with Crippen LogP contribution in [0.5, 0.6) is 0 Å². The SMILES string of the molecule is Cc1cccc2[nH]cc(C(C)n3c(=O)n([C@H](CC(=O)O)c4ccc(C#N)cc4)c4ccccc43)c12. The average molecular weight is 465 g/mol. The van der Waals surface area contributed by atoms with Gasteiger partial charge in [-0.2, -0.15) is 5.26 Å². The summed E-state index contributed by atoms with van der Waals surface area (Å²) in [4.78, 5) is 29.2. The number of para-hydroxylation sites is 2. The lowest BCUT2D eigenvalue weighted by molar-refractivity contribution is -0.137. The third-order valence-electron chi connectivity index (χ3n) is 6.70. The van der Waals surface area contributed by atoms with Crippen molar-refractivity contribution in [3.8, 4) is 6.07 Å². The molecule has 0 aliphatic heterocycles. The zero-order chi connectivity index (χ0) is 24.7. The number of carbonyl (C=O) groups is 1. The Morgan fingerprint density at radius 1 is 1.03 bits per heavy atom. The van der Waals surface area contributed by atoms with Gasteiger partial charge in [0.25, 0.3) is 0 Å². The lowest BCUT2D eigenvalue weighted by Crippen LogP contribution is -2.31. The Morgan fingerprint density at radius 3 is 2.37 bits per heavy atom. The molecule has 0 bridgehead atoms. The number of imidazole rings is 1. The number of aryl methyl sites for hydroxylation is 1. The van der Waals surface area contributed by atoms with E-state index in [2.05, 4.69) is 11.1 Å². The summed E-state index contributed by atoms with van der Waals surface area (Å²) in [5.41, 5.74) is 5.36.